The summed E-state index contributed by atoms with van der Waals surface area (Å²) in [6.07, 6.45) is 2.71. The minimum Gasteiger partial charge on any atom is -0.364 e. The number of sulfone groups is 1. The predicted octanol–water partition coefficient (Wildman–Crippen LogP) is 1.20. The molecule has 0 saturated carbocycles. The number of anilines is 1. The van der Waals surface area contributed by atoms with Gasteiger partial charge in [0, 0.05) is 25.2 Å². The van der Waals surface area contributed by atoms with Crippen molar-refractivity contribution in [2.75, 3.05) is 23.0 Å². The molecule has 0 aliphatic carbocycles. The van der Waals surface area contributed by atoms with Gasteiger partial charge in [0.2, 0.25) is 0 Å². The van der Waals surface area contributed by atoms with Gasteiger partial charge in [0.15, 0.2) is 15.7 Å². The largest absolute Gasteiger partial charge is 0.364 e. The van der Waals surface area contributed by atoms with Crippen molar-refractivity contribution in [2.24, 2.45) is 0 Å². The van der Waals surface area contributed by atoms with E-state index in [1.54, 1.807) is 0 Å². The molecule has 0 amide bonds. The molecule has 6 nitrogen and oxygen atoms in total. The van der Waals surface area contributed by atoms with Crippen LogP contribution in [0.15, 0.2) is 24.3 Å². The van der Waals surface area contributed by atoms with Gasteiger partial charge in [-0.3, -0.25) is 0 Å². The van der Waals surface area contributed by atoms with Crippen LogP contribution >= 0.6 is 0 Å². The van der Waals surface area contributed by atoms with Gasteiger partial charge < -0.3 is 9.47 Å². The monoisotopic (exact) mass is 332 g/mol. The summed E-state index contributed by atoms with van der Waals surface area (Å²) in [5.41, 5.74) is 2.63. The molecular formula is C16H20N4O2S. The van der Waals surface area contributed by atoms with Crippen LogP contribution in [0.3, 0.4) is 0 Å². The van der Waals surface area contributed by atoms with E-state index in [0.717, 1.165) is 31.0 Å². The van der Waals surface area contributed by atoms with Crippen molar-refractivity contribution >= 4 is 15.5 Å². The molecule has 0 bridgehead atoms. The zero-order valence-electron chi connectivity index (χ0n) is 13.0. The first-order valence-corrected chi connectivity index (χ1v) is 9.89. The van der Waals surface area contributed by atoms with Gasteiger partial charge in [0.25, 0.3) is 0 Å². The maximum atomic E-state index is 11.8. The average molecular weight is 332 g/mol. The van der Waals surface area contributed by atoms with Gasteiger partial charge in [-0.15, -0.1) is 10.2 Å². The molecule has 0 saturated heterocycles. The average Bonchev–Trinajstić information content (AvgIpc) is 2.86. The third kappa shape index (κ3) is 2.85. The summed E-state index contributed by atoms with van der Waals surface area (Å²) in [6, 6.07) is 8.47. The molecule has 0 atom stereocenters. The zero-order chi connectivity index (χ0) is 15.9. The fourth-order valence-electron chi connectivity index (χ4n) is 3.46. The molecule has 3 heterocycles. The molecular weight excluding hydrogens is 312 g/mol. The number of rotatable bonds is 2. The van der Waals surface area contributed by atoms with Gasteiger partial charge in [-0.1, -0.05) is 18.2 Å². The van der Waals surface area contributed by atoms with Gasteiger partial charge in [0.1, 0.15) is 5.82 Å². The fourth-order valence-corrected chi connectivity index (χ4v) is 4.62. The Hall–Kier alpha value is -1.89. The molecule has 0 N–H and O–H groups in total. The summed E-state index contributed by atoms with van der Waals surface area (Å²) < 4.78 is 25.7. The van der Waals surface area contributed by atoms with E-state index in [9.17, 15) is 8.42 Å². The van der Waals surface area contributed by atoms with Gasteiger partial charge in [-0.05, 0) is 24.5 Å². The van der Waals surface area contributed by atoms with Crippen LogP contribution in [0, 0.1) is 0 Å². The van der Waals surface area contributed by atoms with Gasteiger partial charge >= 0.3 is 0 Å². The van der Waals surface area contributed by atoms with E-state index in [1.807, 2.05) is 4.57 Å². The normalized spacial score (nSPS) is 19.7. The van der Waals surface area contributed by atoms with Crippen LogP contribution < -0.4 is 4.90 Å². The minimum absolute atomic E-state index is 0.178. The molecule has 2 aliphatic heterocycles. The standard InChI is InChI=1S/C16H20N4O2S/c21-23(22)10-7-15-17-18-16(20(15)9-11-23)12-19-8-3-5-13-4-1-2-6-14(13)19/h1-2,4,6H,3,5,7-12H2. The summed E-state index contributed by atoms with van der Waals surface area (Å²) in [5, 5.41) is 8.56. The number of benzene rings is 1. The van der Waals surface area contributed by atoms with Crippen molar-refractivity contribution in [3.63, 3.8) is 0 Å². The van der Waals surface area contributed by atoms with Crippen LogP contribution in [0.4, 0.5) is 5.69 Å². The summed E-state index contributed by atoms with van der Waals surface area (Å²) in [7, 11) is -2.96. The second kappa shape index (κ2) is 5.63. The highest BCUT2D eigenvalue weighted by atomic mass is 32.2. The second-order valence-electron chi connectivity index (χ2n) is 6.24. The Morgan fingerprint density at radius 3 is 2.83 bits per heavy atom. The van der Waals surface area contributed by atoms with E-state index < -0.39 is 9.84 Å². The van der Waals surface area contributed by atoms with Crippen molar-refractivity contribution in [1.82, 2.24) is 14.8 Å². The lowest BCUT2D eigenvalue weighted by atomic mass is 10.0. The second-order valence-corrected chi connectivity index (χ2v) is 8.54. The molecule has 1 aromatic heterocycles. The number of para-hydroxylation sites is 1. The number of aromatic nitrogens is 3. The number of nitrogens with zero attached hydrogens (tertiary/aromatic N) is 4. The topological polar surface area (TPSA) is 68.1 Å². The lowest BCUT2D eigenvalue weighted by molar-refractivity contribution is 0.589. The number of hydrogen-bond acceptors (Lipinski definition) is 5. The quantitative estimate of drug-likeness (QED) is 0.827. The van der Waals surface area contributed by atoms with Crippen LogP contribution in [-0.2, 0) is 35.8 Å². The first-order valence-electron chi connectivity index (χ1n) is 8.07. The molecule has 2 aliphatic rings. The Labute approximate surface area is 136 Å². The molecule has 122 valence electrons. The number of hydrogen-bond donors (Lipinski definition) is 0. The maximum absolute atomic E-state index is 11.8. The van der Waals surface area contributed by atoms with Crippen LogP contribution in [-0.4, -0.2) is 41.2 Å². The Morgan fingerprint density at radius 1 is 1.04 bits per heavy atom. The highest BCUT2D eigenvalue weighted by Crippen LogP contribution is 2.28. The van der Waals surface area contributed by atoms with Crippen LogP contribution in [0.1, 0.15) is 23.6 Å². The summed E-state index contributed by atoms with van der Waals surface area (Å²) in [4.78, 5) is 2.33. The molecule has 0 fully saturated rings. The summed E-state index contributed by atoms with van der Waals surface area (Å²) >= 11 is 0. The summed E-state index contributed by atoms with van der Waals surface area (Å²) in [6.45, 7) is 2.15. The third-order valence-corrected chi connectivity index (χ3v) is 6.34. The molecule has 23 heavy (non-hydrogen) atoms. The number of aryl methyl sites for hydroxylation is 2. The highest BCUT2D eigenvalue weighted by Gasteiger charge is 2.24. The van der Waals surface area contributed by atoms with E-state index in [1.165, 1.54) is 11.3 Å². The zero-order valence-corrected chi connectivity index (χ0v) is 13.8. The van der Waals surface area contributed by atoms with E-state index in [4.69, 9.17) is 0 Å². The highest BCUT2D eigenvalue weighted by molar-refractivity contribution is 7.91. The molecule has 0 radical (unpaired) electrons. The molecule has 0 unspecified atom stereocenters. The molecule has 4 rings (SSSR count). The van der Waals surface area contributed by atoms with Gasteiger partial charge in [0.05, 0.1) is 18.1 Å². The van der Waals surface area contributed by atoms with Crippen molar-refractivity contribution in [2.45, 2.75) is 32.4 Å². The SMILES string of the molecule is O=S1(=O)CCc2nnc(CN3CCCc4ccccc43)n2CC1. The van der Waals surface area contributed by atoms with Crippen LogP contribution in [0.2, 0.25) is 0 Å². The fraction of sp³-hybridized carbons (Fsp3) is 0.500. The van der Waals surface area contributed by atoms with Crippen molar-refractivity contribution in [3.8, 4) is 0 Å². The van der Waals surface area contributed by atoms with Crippen LogP contribution in [0.25, 0.3) is 0 Å². The van der Waals surface area contributed by atoms with Gasteiger partial charge in [-0.2, -0.15) is 0 Å². The molecule has 7 heteroatoms. The number of fused-ring (bicyclic) bond motifs is 2. The van der Waals surface area contributed by atoms with Gasteiger partial charge in [-0.25, -0.2) is 8.42 Å². The Bertz CT molecular complexity index is 828. The Morgan fingerprint density at radius 2 is 1.91 bits per heavy atom. The Balaban J connectivity index is 1.61. The maximum Gasteiger partial charge on any atom is 0.152 e. The third-order valence-electron chi connectivity index (χ3n) is 4.71. The minimum atomic E-state index is -2.96. The van der Waals surface area contributed by atoms with Crippen LogP contribution in [0.5, 0.6) is 0 Å². The molecule has 1 aromatic carbocycles. The predicted molar refractivity (Wildman–Crippen MR) is 88.2 cm³/mol. The van der Waals surface area contributed by atoms with Crippen molar-refractivity contribution in [3.05, 3.63) is 41.5 Å². The van der Waals surface area contributed by atoms with Crippen molar-refractivity contribution < 1.29 is 8.42 Å². The lowest BCUT2D eigenvalue weighted by Crippen LogP contribution is -2.30. The van der Waals surface area contributed by atoms with E-state index in [-0.39, 0.29) is 11.5 Å². The van der Waals surface area contributed by atoms with Crippen molar-refractivity contribution in [1.29, 1.82) is 0 Å². The first-order chi connectivity index (χ1) is 11.1. The molecule has 0 spiro atoms. The summed E-state index contributed by atoms with van der Waals surface area (Å²) in [5.74, 6) is 2.03. The smallest absolute Gasteiger partial charge is 0.152 e. The lowest BCUT2D eigenvalue weighted by Gasteiger charge is -2.31. The Kier molecular flexibility index (Phi) is 3.60. The first kappa shape index (κ1) is 14.7. The van der Waals surface area contributed by atoms with E-state index in [2.05, 4.69) is 39.4 Å². The van der Waals surface area contributed by atoms with E-state index in [0.29, 0.717) is 19.5 Å². The van der Waals surface area contributed by atoms with E-state index >= 15 is 0 Å². The molecule has 2 aromatic rings.